The monoisotopic (exact) mass is 388 g/mol. The second-order valence-electron chi connectivity index (χ2n) is 7.49. The number of benzene rings is 2. The molecule has 2 heterocycles. The minimum atomic E-state index is -0.203. The molecule has 148 valence electrons. The zero-order valence-corrected chi connectivity index (χ0v) is 16.6. The van der Waals surface area contributed by atoms with Crippen LogP contribution >= 0.6 is 0 Å². The maximum Gasteiger partial charge on any atom is 0.259 e. The van der Waals surface area contributed by atoms with Gasteiger partial charge in [0.1, 0.15) is 0 Å². The van der Waals surface area contributed by atoms with E-state index in [1.54, 1.807) is 10.9 Å². The molecular weight excluding hydrogens is 364 g/mol. The summed E-state index contributed by atoms with van der Waals surface area (Å²) >= 11 is 0. The first-order valence-electron chi connectivity index (χ1n) is 9.83. The zero-order chi connectivity index (χ0) is 20.4. The Morgan fingerprint density at radius 3 is 2.79 bits per heavy atom. The van der Waals surface area contributed by atoms with Crippen molar-refractivity contribution in [3.8, 4) is 5.69 Å². The molecule has 2 amide bonds. The second kappa shape index (κ2) is 7.91. The summed E-state index contributed by atoms with van der Waals surface area (Å²) in [4.78, 5) is 24.5. The molecule has 6 nitrogen and oxygen atoms in total. The molecule has 0 aliphatic carbocycles. The van der Waals surface area contributed by atoms with Crippen LogP contribution in [0.25, 0.3) is 5.69 Å². The first-order chi connectivity index (χ1) is 14.0. The quantitative estimate of drug-likeness (QED) is 0.707. The highest BCUT2D eigenvalue weighted by Crippen LogP contribution is 2.26. The minimum absolute atomic E-state index is 0.00101. The molecule has 1 aliphatic rings. The number of aromatic nitrogens is 2. The van der Waals surface area contributed by atoms with Gasteiger partial charge in [0, 0.05) is 12.1 Å². The van der Waals surface area contributed by atoms with Gasteiger partial charge in [-0.1, -0.05) is 24.3 Å². The Bertz CT molecular complexity index is 1070. The molecule has 1 aliphatic heterocycles. The van der Waals surface area contributed by atoms with Crippen LogP contribution in [0.2, 0.25) is 0 Å². The molecule has 0 spiro atoms. The number of amides is 2. The SMILES string of the molecule is Cc1cccc(-n2ncc(C(=O)Nc3cccc(C4CCCC(=O)N4)c3)c2C)c1. The Labute approximate surface area is 169 Å². The molecular formula is C23H24N4O2. The van der Waals surface area contributed by atoms with Crippen LogP contribution in [-0.2, 0) is 4.79 Å². The number of rotatable bonds is 4. The van der Waals surface area contributed by atoms with E-state index in [0.29, 0.717) is 17.7 Å². The Morgan fingerprint density at radius 1 is 1.17 bits per heavy atom. The van der Waals surface area contributed by atoms with Crippen LogP contribution in [0.4, 0.5) is 5.69 Å². The van der Waals surface area contributed by atoms with Crippen LogP contribution in [0.1, 0.15) is 52.5 Å². The summed E-state index contributed by atoms with van der Waals surface area (Å²) in [6.07, 6.45) is 3.96. The van der Waals surface area contributed by atoms with Gasteiger partial charge >= 0.3 is 0 Å². The Morgan fingerprint density at radius 2 is 2.00 bits per heavy atom. The molecule has 1 atom stereocenters. The van der Waals surface area contributed by atoms with Gasteiger partial charge in [0.2, 0.25) is 5.91 Å². The van der Waals surface area contributed by atoms with E-state index in [2.05, 4.69) is 15.7 Å². The number of carbonyl (C=O) groups is 2. The first-order valence-corrected chi connectivity index (χ1v) is 9.83. The summed E-state index contributed by atoms with van der Waals surface area (Å²) in [6, 6.07) is 15.7. The number of piperidine rings is 1. The van der Waals surface area contributed by atoms with Gasteiger partial charge in [-0.05, 0) is 62.1 Å². The van der Waals surface area contributed by atoms with E-state index in [4.69, 9.17) is 0 Å². The third kappa shape index (κ3) is 4.06. The standard InChI is InChI=1S/C23H24N4O2/c1-15-6-3-9-19(12-15)27-16(2)20(14-24-27)23(29)25-18-8-4-7-17(13-18)21-10-5-11-22(28)26-21/h3-4,6-9,12-14,21H,5,10-11H2,1-2H3,(H,25,29)(H,26,28). The molecule has 2 aromatic carbocycles. The maximum absolute atomic E-state index is 12.9. The van der Waals surface area contributed by atoms with Crippen molar-refractivity contribution in [3.05, 3.63) is 77.1 Å². The number of nitrogens with zero attached hydrogens (tertiary/aromatic N) is 2. The van der Waals surface area contributed by atoms with E-state index < -0.39 is 0 Å². The Balaban J connectivity index is 1.53. The van der Waals surface area contributed by atoms with E-state index in [1.165, 1.54) is 0 Å². The molecule has 0 radical (unpaired) electrons. The average molecular weight is 388 g/mol. The number of hydrogen-bond donors (Lipinski definition) is 2. The fourth-order valence-corrected chi connectivity index (χ4v) is 3.74. The average Bonchev–Trinajstić information content (AvgIpc) is 3.10. The molecule has 6 heteroatoms. The molecule has 0 saturated carbocycles. The van der Waals surface area contributed by atoms with Gasteiger partial charge < -0.3 is 10.6 Å². The van der Waals surface area contributed by atoms with Crippen molar-refractivity contribution < 1.29 is 9.59 Å². The molecule has 1 saturated heterocycles. The summed E-state index contributed by atoms with van der Waals surface area (Å²) in [5.74, 6) is -0.124. The van der Waals surface area contributed by atoms with Crippen molar-refractivity contribution in [3.63, 3.8) is 0 Å². The lowest BCUT2D eigenvalue weighted by Gasteiger charge is -2.24. The summed E-state index contributed by atoms with van der Waals surface area (Å²) in [6.45, 7) is 3.91. The molecule has 0 bridgehead atoms. The van der Waals surface area contributed by atoms with Gasteiger partial charge in [-0.2, -0.15) is 5.10 Å². The van der Waals surface area contributed by atoms with E-state index >= 15 is 0 Å². The largest absolute Gasteiger partial charge is 0.349 e. The third-order valence-electron chi connectivity index (χ3n) is 5.28. The lowest BCUT2D eigenvalue weighted by Crippen LogP contribution is -2.32. The number of carbonyl (C=O) groups excluding carboxylic acids is 2. The number of anilines is 1. The van der Waals surface area contributed by atoms with Crippen molar-refractivity contribution in [2.75, 3.05) is 5.32 Å². The molecule has 1 aromatic heterocycles. The maximum atomic E-state index is 12.9. The first kappa shape index (κ1) is 18.9. The fraction of sp³-hybridized carbons (Fsp3) is 0.261. The highest BCUT2D eigenvalue weighted by molar-refractivity contribution is 6.05. The van der Waals surface area contributed by atoms with Crippen molar-refractivity contribution in [2.24, 2.45) is 0 Å². The van der Waals surface area contributed by atoms with Gasteiger partial charge in [0.25, 0.3) is 5.91 Å². The molecule has 3 aromatic rings. The van der Waals surface area contributed by atoms with Crippen molar-refractivity contribution in [1.29, 1.82) is 0 Å². The van der Waals surface area contributed by atoms with Gasteiger partial charge in [0.15, 0.2) is 0 Å². The predicted octanol–water partition coefficient (Wildman–Crippen LogP) is 4.08. The third-order valence-corrected chi connectivity index (χ3v) is 5.28. The van der Waals surface area contributed by atoms with Crippen molar-refractivity contribution in [2.45, 2.75) is 39.2 Å². The number of hydrogen-bond acceptors (Lipinski definition) is 3. The van der Waals surface area contributed by atoms with Crippen LogP contribution in [-0.4, -0.2) is 21.6 Å². The normalized spacial score (nSPS) is 16.3. The number of nitrogens with one attached hydrogen (secondary N) is 2. The number of aryl methyl sites for hydroxylation is 1. The van der Waals surface area contributed by atoms with Crippen LogP contribution in [0.15, 0.2) is 54.7 Å². The molecule has 2 N–H and O–H groups in total. The van der Waals surface area contributed by atoms with Crippen molar-refractivity contribution >= 4 is 17.5 Å². The summed E-state index contributed by atoms with van der Waals surface area (Å²) < 4.78 is 1.77. The zero-order valence-electron chi connectivity index (χ0n) is 16.6. The fourth-order valence-electron chi connectivity index (χ4n) is 3.74. The van der Waals surface area contributed by atoms with Gasteiger partial charge in [-0.15, -0.1) is 0 Å². The minimum Gasteiger partial charge on any atom is -0.349 e. The summed E-state index contributed by atoms with van der Waals surface area (Å²) in [5, 5.41) is 10.4. The van der Waals surface area contributed by atoms with E-state index in [0.717, 1.165) is 35.3 Å². The van der Waals surface area contributed by atoms with Gasteiger partial charge in [-0.3, -0.25) is 9.59 Å². The van der Waals surface area contributed by atoms with Crippen LogP contribution in [0.3, 0.4) is 0 Å². The molecule has 1 fully saturated rings. The lowest BCUT2D eigenvalue weighted by atomic mass is 9.97. The summed E-state index contributed by atoms with van der Waals surface area (Å²) in [7, 11) is 0. The van der Waals surface area contributed by atoms with Crippen LogP contribution in [0.5, 0.6) is 0 Å². The van der Waals surface area contributed by atoms with Gasteiger partial charge in [0.05, 0.1) is 29.2 Å². The highest BCUT2D eigenvalue weighted by atomic mass is 16.2. The predicted molar refractivity (Wildman–Crippen MR) is 112 cm³/mol. The van der Waals surface area contributed by atoms with Gasteiger partial charge in [-0.25, -0.2) is 4.68 Å². The van der Waals surface area contributed by atoms with E-state index in [9.17, 15) is 9.59 Å². The smallest absolute Gasteiger partial charge is 0.259 e. The second-order valence-corrected chi connectivity index (χ2v) is 7.49. The Kier molecular flexibility index (Phi) is 5.16. The topological polar surface area (TPSA) is 76.0 Å². The van der Waals surface area contributed by atoms with Crippen LogP contribution < -0.4 is 10.6 Å². The van der Waals surface area contributed by atoms with Crippen molar-refractivity contribution in [1.82, 2.24) is 15.1 Å². The summed E-state index contributed by atoms with van der Waals surface area (Å²) in [5.41, 5.74) is 5.08. The molecule has 4 rings (SSSR count). The Hall–Kier alpha value is -3.41. The van der Waals surface area contributed by atoms with E-state index in [1.807, 2.05) is 62.4 Å². The lowest BCUT2D eigenvalue weighted by molar-refractivity contribution is -0.123. The highest BCUT2D eigenvalue weighted by Gasteiger charge is 2.20. The molecule has 1 unspecified atom stereocenters. The van der Waals surface area contributed by atoms with Crippen LogP contribution in [0, 0.1) is 13.8 Å². The molecule has 29 heavy (non-hydrogen) atoms. The van der Waals surface area contributed by atoms with E-state index in [-0.39, 0.29) is 17.9 Å².